The second kappa shape index (κ2) is 9.89. The molecule has 0 aromatic carbocycles. The van der Waals surface area contributed by atoms with Crippen LogP contribution in [-0.2, 0) is 28.6 Å². The van der Waals surface area contributed by atoms with Crippen LogP contribution in [0.2, 0.25) is 0 Å². The largest absolute Gasteiger partial charge is 0.469 e. The van der Waals surface area contributed by atoms with Crippen LogP contribution in [0.25, 0.3) is 0 Å². The van der Waals surface area contributed by atoms with Crippen LogP contribution in [0.3, 0.4) is 0 Å². The maximum Gasteiger partial charge on any atom is 0.305 e. The first-order chi connectivity index (χ1) is 16.5. The highest BCUT2D eigenvalue weighted by Crippen LogP contribution is 2.66. The van der Waals surface area contributed by atoms with Crippen molar-refractivity contribution in [1.82, 2.24) is 0 Å². The number of hydrogen-bond donors (Lipinski definition) is 0. The minimum atomic E-state index is -0.206. The van der Waals surface area contributed by atoms with Gasteiger partial charge < -0.3 is 14.2 Å². The van der Waals surface area contributed by atoms with Crippen molar-refractivity contribution in [2.45, 2.75) is 111 Å². The van der Waals surface area contributed by atoms with E-state index in [4.69, 9.17) is 14.2 Å². The highest BCUT2D eigenvalue weighted by Gasteiger charge is 2.60. The molecular weight excluding hydrogens is 444 g/mol. The molecule has 0 bridgehead atoms. The van der Waals surface area contributed by atoms with Gasteiger partial charge in [-0.05, 0) is 86.9 Å². The van der Waals surface area contributed by atoms with E-state index in [0.29, 0.717) is 30.1 Å². The maximum absolute atomic E-state index is 12.3. The van der Waals surface area contributed by atoms with E-state index in [1.807, 2.05) is 0 Å². The Morgan fingerprint density at radius 3 is 2.37 bits per heavy atom. The van der Waals surface area contributed by atoms with E-state index in [1.165, 1.54) is 26.5 Å². The molecule has 3 saturated carbocycles. The molecule has 0 aromatic heterocycles. The molecule has 8 atom stereocenters. The average Bonchev–Trinajstić information content (AvgIpc) is 3.16. The lowest BCUT2D eigenvalue weighted by Gasteiger charge is -2.58. The molecule has 4 rings (SSSR count). The van der Waals surface area contributed by atoms with Gasteiger partial charge in [-0.2, -0.15) is 0 Å². The quantitative estimate of drug-likeness (QED) is 0.268. The molecule has 196 valence electrons. The fraction of sp³-hybridized carbons (Fsp3) is 0.828. The van der Waals surface area contributed by atoms with Gasteiger partial charge in [0.25, 0.3) is 0 Å². The van der Waals surface area contributed by atoms with Gasteiger partial charge in [0.05, 0.1) is 7.11 Å². The van der Waals surface area contributed by atoms with Crippen LogP contribution >= 0.6 is 0 Å². The Balaban J connectivity index is 1.64. The zero-order chi connectivity index (χ0) is 25.5. The Labute approximate surface area is 210 Å². The maximum atomic E-state index is 12.3. The molecule has 0 saturated heterocycles. The van der Waals surface area contributed by atoms with Gasteiger partial charge >= 0.3 is 17.9 Å². The fourth-order valence-electron chi connectivity index (χ4n) is 8.69. The molecule has 0 amide bonds. The second-order valence-corrected chi connectivity index (χ2v) is 12.2. The molecule has 0 spiro atoms. The number of fused-ring (bicyclic) bond motifs is 4. The second-order valence-electron chi connectivity index (χ2n) is 12.2. The molecular formula is C29H44O6. The van der Waals surface area contributed by atoms with Crippen LogP contribution in [0.5, 0.6) is 0 Å². The molecule has 3 fully saturated rings. The minimum absolute atomic E-state index is 0.0319. The van der Waals surface area contributed by atoms with E-state index in [1.54, 1.807) is 5.57 Å². The van der Waals surface area contributed by atoms with Crippen molar-refractivity contribution in [3.8, 4) is 0 Å². The van der Waals surface area contributed by atoms with Gasteiger partial charge in [0.1, 0.15) is 12.2 Å². The van der Waals surface area contributed by atoms with Crippen LogP contribution in [0.15, 0.2) is 11.1 Å². The Kier molecular flexibility index (Phi) is 7.41. The molecule has 4 aliphatic rings. The van der Waals surface area contributed by atoms with Gasteiger partial charge in [-0.3, -0.25) is 14.4 Å². The Morgan fingerprint density at radius 2 is 1.71 bits per heavy atom. The summed E-state index contributed by atoms with van der Waals surface area (Å²) < 4.78 is 16.6. The summed E-state index contributed by atoms with van der Waals surface area (Å²) in [5.41, 5.74) is 3.14. The van der Waals surface area contributed by atoms with Crippen molar-refractivity contribution >= 4 is 17.9 Å². The number of carbonyl (C=O) groups is 3. The molecule has 0 heterocycles. The third-order valence-corrected chi connectivity index (χ3v) is 10.5. The lowest BCUT2D eigenvalue weighted by atomic mass is 9.48. The summed E-state index contributed by atoms with van der Waals surface area (Å²) >= 11 is 0. The van der Waals surface area contributed by atoms with Gasteiger partial charge in [-0.15, -0.1) is 0 Å². The summed E-state index contributed by atoms with van der Waals surface area (Å²) in [6.45, 7) is 10.1. The van der Waals surface area contributed by atoms with Crippen LogP contribution < -0.4 is 0 Å². The lowest BCUT2D eigenvalue weighted by molar-refractivity contribution is -0.160. The topological polar surface area (TPSA) is 78.9 Å². The van der Waals surface area contributed by atoms with Gasteiger partial charge in [0, 0.05) is 25.7 Å². The van der Waals surface area contributed by atoms with Crippen LogP contribution in [0.4, 0.5) is 0 Å². The Bertz CT molecular complexity index is 892. The lowest BCUT2D eigenvalue weighted by Crippen LogP contribution is -2.53. The van der Waals surface area contributed by atoms with E-state index < -0.39 is 0 Å². The molecule has 0 aliphatic heterocycles. The van der Waals surface area contributed by atoms with Gasteiger partial charge in [-0.25, -0.2) is 0 Å². The van der Waals surface area contributed by atoms with Gasteiger partial charge in [-0.1, -0.05) is 31.9 Å². The fourth-order valence-corrected chi connectivity index (χ4v) is 8.69. The Hall–Kier alpha value is -1.85. The smallest absolute Gasteiger partial charge is 0.305 e. The molecule has 0 unspecified atom stereocenters. The summed E-state index contributed by atoms with van der Waals surface area (Å²) in [4.78, 5) is 35.7. The van der Waals surface area contributed by atoms with Crippen molar-refractivity contribution in [3.05, 3.63) is 11.1 Å². The molecule has 6 nitrogen and oxygen atoms in total. The van der Waals surface area contributed by atoms with E-state index in [2.05, 4.69) is 20.8 Å². The molecule has 35 heavy (non-hydrogen) atoms. The number of rotatable bonds is 6. The average molecular weight is 489 g/mol. The summed E-state index contributed by atoms with van der Waals surface area (Å²) in [5, 5.41) is 0. The normalized spacial score (nSPS) is 39.1. The predicted molar refractivity (Wildman–Crippen MR) is 132 cm³/mol. The van der Waals surface area contributed by atoms with Crippen molar-refractivity contribution in [2.75, 3.05) is 7.11 Å². The van der Waals surface area contributed by atoms with Crippen molar-refractivity contribution in [2.24, 2.45) is 34.5 Å². The predicted octanol–water partition coefficient (Wildman–Crippen LogP) is 5.77. The van der Waals surface area contributed by atoms with Crippen LogP contribution in [-0.4, -0.2) is 37.2 Å². The van der Waals surface area contributed by atoms with Crippen molar-refractivity contribution < 1.29 is 28.6 Å². The minimum Gasteiger partial charge on any atom is -0.469 e. The van der Waals surface area contributed by atoms with Gasteiger partial charge in [0.15, 0.2) is 0 Å². The summed E-state index contributed by atoms with van der Waals surface area (Å²) in [6.07, 6.45) is 9.26. The SMILES string of the molecule is COC(=O)CC[C@@H](C)[C@H]1CCC2=C3CC[C@@H]4C[C@H](OC(C)=O)CC[C@]4(C)[C@H]3C[C@H](OC(C)=O)[C@@]21C. The standard InChI is InChI=1S/C29H44O6/c1-17(7-12-27(32)33-6)23-10-11-24-22-9-8-20-15-21(34-18(2)30)13-14-28(20,4)25(22)16-26(29(23,24)5)35-19(3)31/h17,20-21,23,25-26H,7-16H2,1-6H3/t17-,20-,21-,23-,25+,26+,28+,29-/m1/s1. The molecule has 0 radical (unpaired) electrons. The molecule has 0 N–H and O–H groups in total. The summed E-state index contributed by atoms with van der Waals surface area (Å²) in [7, 11) is 1.45. The monoisotopic (exact) mass is 488 g/mol. The Morgan fingerprint density at radius 1 is 1.00 bits per heavy atom. The highest BCUT2D eigenvalue weighted by atomic mass is 16.5. The van der Waals surface area contributed by atoms with E-state index in [0.717, 1.165) is 57.8 Å². The molecule has 4 aliphatic carbocycles. The highest BCUT2D eigenvalue weighted by molar-refractivity contribution is 5.69. The third kappa shape index (κ3) is 4.67. The zero-order valence-corrected chi connectivity index (χ0v) is 22.5. The number of ether oxygens (including phenoxy) is 3. The first-order valence-corrected chi connectivity index (χ1v) is 13.6. The first kappa shape index (κ1) is 26.2. The van der Waals surface area contributed by atoms with Crippen LogP contribution in [0.1, 0.15) is 98.8 Å². The first-order valence-electron chi connectivity index (χ1n) is 13.6. The third-order valence-electron chi connectivity index (χ3n) is 10.5. The number of methoxy groups -OCH3 is 1. The molecule has 6 heteroatoms. The number of allylic oxidation sites excluding steroid dienone is 1. The summed E-state index contributed by atoms with van der Waals surface area (Å²) in [5.74, 6) is 1.11. The number of carbonyl (C=O) groups excluding carboxylic acids is 3. The number of hydrogen-bond acceptors (Lipinski definition) is 6. The van der Waals surface area contributed by atoms with Crippen LogP contribution in [0, 0.1) is 34.5 Å². The van der Waals surface area contributed by atoms with Crippen molar-refractivity contribution in [1.29, 1.82) is 0 Å². The van der Waals surface area contributed by atoms with Crippen molar-refractivity contribution in [3.63, 3.8) is 0 Å². The van der Waals surface area contributed by atoms with E-state index in [9.17, 15) is 14.4 Å². The van der Waals surface area contributed by atoms with E-state index in [-0.39, 0.29) is 40.9 Å². The van der Waals surface area contributed by atoms with E-state index >= 15 is 0 Å². The number of esters is 3. The summed E-state index contributed by atoms with van der Waals surface area (Å²) in [6, 6.07) is 0. The van der Waals surface area contributed by atoms with Gasteiger partial charge in [0.2, 0.25) is 0 Å². The molecule has 0 aromatic rings. The zero-order valence-electron chi connectivity index (χ0n) is 22.5.